The number of benzene rings is 3. The van der Waals surface area contributed by atoms with Gasteiger partial charge in [0.15, 0.2) is 0 Å². The van der Waals surface area contributed by atoms with E-state index >= 15 is 0 Å². The van der Waals surface area contributed by atoms with Crippen LogP contribution in [0.3, 0.4) is 0 Å². The van der Waals surface area contributed by atoms with Gasteiger partial charge in [-0.1, -0.05) is 54.1 Å². The van der Waals surface area contributed by atoms with Crippen LogP contribution in [0.2, 0.25) is 5.02 Å². The van der Waals surface area contributed by atoms with E-state index in [0.29, 0.717) is 22.3 Å². The number of methoxy groups -OCH3 is 1. The maximum absolute atomic E-state index is 12.7. The highest BCUT2D eigenvalue weighted by atomic mass is 35.5. The van der Waals surface area contributed by atoms with E-state index in [4.69, 9.17) is 16.3 Å². The first kappa shape index (κ1) is 20.8. The van der Waals surface area contributed by atoms with Crippen molar-refractivity contribution in [3.05, 3.63) is 107 Å². The lowest BCUT2D eigenvalue weighted by atomic mass is 10.0. The fourth-order valence-corrected chi connectivity index (χ4v) is 3.77. The predicted molar refractivity (Wildman–Crippen MR) is 129 cm³/mol. The Kier molecular flexibility index (Phi) is 5.54. The molecule has 1 amide bonds. The number of ether oxygens (including phenoxy) is 1. The normalized spacial score (nSPS) is 14.6. The maximum atomic E-state index is 12.7. The van der Waals surface area contributed by atoms with E-state index in [1.165, 1.54) is 0 Å². The van der Waals surface area contributed by atoms with Crippen LogP contribution in [0, 0.1) is 0 Å². The number of hydrogen-bond donors (Lipinski definition) is 2. The Morgan fingerprint density at radius 1 is 1.03 bits per heavy atom. The van der Waals surface area contributed by atoms with Crippen molar-refractivity contribution in [2.75, 3.05) is 17.7 Å². The molecule has 0 saturated carbocycles. The average Bonchev–Trinajstić information content (AvgIpc) is 3.26. The summed E-state index contributed by atoms with van der Waals surface area (Å²) < 4.78 is 6.91. The zero-order valence-corrected chi connectivity index (χ0v) is 18.5. The number of aromatic nitrogens is 3. The molecule has 8 heteroatoms. The van der Waals surface area contributed by atoms with E-state index in [1.807, 2.05) is 54.6 Å². The Bertz CT molecular complexity index is 1320. The second-order valence-corrected chi connectivity index (χ2v) is 7.89. The monoisotopic (exact) mass is 457 g/mol. The fourth-order valence-electron chi connectivity index (χ4n) is 3.65. The second kappa shape index (κ2) is 8.80. The molecular formula is C25H20ClN5O2. The van der Waals surface area contributed by atoms with Gasteiger partial charge in [0.05, 0.1) is 7.11 Å². The molecule has 0 radical (unpaired) electrons. The molecule has 0 bridgehead atoms. The number of hydrogen-bond acceptors (Lipinski definition) is 5. The first-order valence-electron chi connectivity index (χ1n) is 10.3. The minimum atomic E-state index is -0.303. The van der Waals surface area contributed by atoms with Crippen molar-refractivity contribution in [1.29, 1.82) is 0 Å². The largest absolute Gasteiger partial charge is 0.497 e. The lowest BCUT2D eigenvalue weighted by Gasteiger charge is -2.24. The molecule has 2 N–H and O–H groups in total. The van der Waals surface area contributed by atoms with Gasteiger partial charge in [-0.2, -0.15) is 4.98 Å². The van der Waals surface area contributed by atoms with Crippen molar-refractivity contribution in [1.82, 2.24) is 14.8 Å². The Hall–Kier alpha value is -4.10. The lowest BCUT2D eigenvalue weighted by molar-refractivity contribution is 0.102. The first-order valence-corrected chi connectivity index (χ1v) is 10.7. The van der Waals surface area contributed by atoms with E-state index in [0.717, 1.165) is 16.8 Å². The third-order valence-electron chi connectivity index (χ3n) is 5.34. The molecule has 1 aromatic heterocycles. The number of nitrogens with zero attached hydrogens (tertiary/aromatic N) is 3. The molecule has 0 aliphatic carbocycles. The summed E-state index contributed by atoms with van der Waals surface area (Å²) in [6.45, 7) is 0. The number of fused-ring (bicyclic) bond motifs is 1. The highest BCUT2D eigenvalue weighted by molar-refractivity contribution is 6.30. The molecule has 1 atom stereocenters. The van der Waals surface area contributed by atoms with E-state index in [2.05, 4.69) is 26.8 Å². The Morgan fingerprint density at radius 2 is 1.76 bits per heavy atom. The van der Waals surface area contributed by atoms with E-state index < -0.39 is 0 Å². The Balaban J connectivity index is 1.47. The van der Waals surface area contributed by atoms with Gasteiger partial charge in [-0.3, -0.25) is 10.1 Å². The molecule has 0 saturated heterocycles. The third-order valence-corrected chi connectivity index (χ3v) is 5.59. The fraction of sp³-hybridized carbons (Fsp3) is 0.0800. The summed E-state index contributed by atoms with van der Waals surface area (Å²) in [7, 11) is 1.58. The summed E-state index contributed by atoms with van der Waals surface area (Å²) in [5.74, 6) is 1.12. The molecule has 0 fully saturated rings. The number of rotatable bonds is 5. The SMILES string of the molecule is COc1ccc(C(=O)Nc2nc3n(n2)[C@@H](c2ccccc2)C=C(c2ccc(Cl)cc2)N3)cc1. The Morgan fingerprint density at radius 3 is 2.45 bits per heavy atom. The van der Waals surface area contributed by atoms with Crippen LogP contribution in [0.15, 0.2) is 84.9 Å². The van der Waals surface area contributed by atoms with Crippen molar-refractivity contribution < 1.29 is 9.53 Å². The van der Waals surface area contributed by atoms with Gasteiger partial charge in [0, 0.05) is 16.3 Å². The summed E-state index contributed by atoms with van der Waals surface area (Å²) in [5.41, 5.74) is 3.38. The summed E-state index contributed by atoms with van der Waals surface area (Å²) in [6.07, 6.45) is 2.08. The molecule has 1 aliphatic heterocycles. The Labute approximate surface area is 195 Å². The van der Waals surface area contributed by atoms with Gasteiger partial charge in [0.25, 0.3) is 11.9 Å². The van der Waals surface area contributed by atoms with Gasteiger partial charge in [-0.25, -0.2) is 4.68 Å². The maximum Gasteiger partial charge on any atom is 0.258 e. The molecule has 0 unspecified atom stereocenters. The molecule has 5 rings (SSSR count). The van der Waals surface area contributed by atoms with E-state index in [-0.39, 0.29) is 17.9 Å². The topological polar surface area (TPSA) is 81.1 Å². The molecule has 164 valence electrons. The van der Waals surface area contributed by atoms with Gasteiger partial charge >= 0.3 is 0 Å². The van der Waals surface area contributed by atoms with Crippen LogP contribution in [0.5, 0.6) is 5.75 Å². The predicted octanol–water partition coefficient (Wildman–Crippen LogP) is 5.25. The summed E-state index contributed by atoms with van der Waals surface area (Å²) in [4.78, 5) is 17.2. The number of anilines is 2. The van der Waals surface area contributed by atoms with Gasteiger partial charge in [-0.15, -0.1) is 5.10 Å². The molecule has 2 heterocycles. The smallest absolute Gasteiger partial charge is 0.258 e. The van der Waals surface area contributed by atoms with Crippen molar-refractivity contribution in [2.24, 2.45) is 0 Å². The van der Waals surface area contributed by atoms with Crippen LogP contribution >= 0.6 is 11.6 Å². The molecule has 7 nitrogen and oxygen atoms in total. The van der Waals surface area contributed by atoms with Gasteiger partial charge in [0.1, 0.15) is 11.8 Å². The zero-order chi connectivity index (χ0) is 22.8. The number of carbonyl (C=O) groups excluding carboxylic acids is 1. The average molecular weight is 458 g/mol. The van der Waals surface area contributed by atoms with Gasteiger partial charge < -0.3 is 10.1 Å². The standard InChI is InChI=1S/C25H20ClN5O2/c1-33-20-13-9-18(10-14-20)23(32)28-24-29-25-27-21(16-7-11-19(26)12-8-16)15-22(31(25)30-24)17-5-3-2-4-6-17/h2-15,22H,1H3,(H2,27,28,29,30,32)/t22-/m1/s1. The van der Waals surface area contributed by atoms with Crippen LogP contribution < -0.4 is 15.4 Å². The van der Waals surface area contributed by atoms with Crippen molar-refractivity contribution in [2.45, 2.75) is 6.04 Å². The zero-order valence-electron chi connectivity index (χ0n) is 17.7. The van der Waals surface area contributed by atoms with Gasteiger partial charge in [-0.05, 0) is 53.6 Å². The molecule has 1 aliphatic rings. The molecular weight excluding hydrogens is 438 g/mol. The molecule has 0 spiro atoms. The highest BCUT2D eigenvalue weighted by Gasteiger charge is 2.26. The summed E-state index contributed by atoms with van der Waals surface area (Å²) in [6, 6.07) is 24.2. The van der Waals surface area contributed by atoms with Crippen molar-refractivity contribution in [3.63, 3.8) is 0 Å². The van der Waals surface area contributed by atoms with Crippen LogP contribution in [-0.4, -0.2) is 27.8 Å². The molecule has 3 aromatic carbocycles. The lowest BCUT2D eigenvalue weighted by Crippen LogP contribution is -2.20. The van der Waals surface area contributed by atoms with Crippen molar-refractivity contribution >= 4 is 35.1 Å². The minimum Gasteiger partial charge on any atom is -0.497 e. The van der Waals surface area contributed by atoms with Crippen molar-refractivity contribution in [3.8, 4) is 5.75 Å². The summed E-state index contributed by atoms with van der Waals surface area (Å²) in [5, 5.41) is 11.3. The van der Waals surface area contributed by atoms with Crippen LogP contribution in [-0.2, 0) is 0 Å². The van der Waals surface area contributed by atoms with E-state index in [1.54, 1.807) is 36.1 Å². The number of carbonyl (C=O) groups is 1. The van der Waals surface area contributed by atoms with Crippen LogP contribution in [0.25, 0.3) is 5.70 Å². The quantitative estimate of drug-likeness (QED) is 0.428. The minimum absolute atomic E-state index is 0.202. The first-order chi connectivity index (χ1) is 16.1. The van der Waals surface area contributed by atoms with E-state index in [9.17, 15) is 4.79 Å². The number of nitrogens with one attached hydrogen (secondary N) is 2. The van der Waals surface area contributed by atoms with Crippen LogP contribution in [0.1, 0.15) is 27.5 Å². The number of allylic oxidation sites excluding steroid dienone is 1. The third kappa shape index (κ3) is 4.31. The molecule has 33 heavy (non-hydrogen) atoms. The number of amides is 1. The van der Waals surface area contributed by atoms with Crippen LogP contribution in [0.4, 0.5) is 11.9 Å². The number of halogens is 1. The summed E-state index contributed by atoms with van der Waals surface area (Å²) >= 11 is 6.06. The van der Waals surface area contributed by atoms with Gasteiger partial charge in [0.2, 0.25) is 5.95 Å². The molecule has 4 aromatic rings. The highest BCUT2D eigenvalue weighted by Crippen LogP contribution is 2.33. The second-order valence-electron chi connectivity index (χ2n) is 7.45.